The molecule has 0 aromatic heterocycles. The van der Waals surface area contributed by atoms with Gasteiger partial charge in [-0.05, 0) is 32.9 Å². The van der Waals surface area contributed by atoms with Crippen molar-refractivity contribution in [2.24, 2.45) is 0 Å². The molecule has 1 nitrogen and oxygen atoms in total. The van der Waals surface area contributed by atoms with E-state index < -0.39 is 0 Å². The maximum Gasteiger partial charge on any atom is 0.00900 e. The molecule has 10 heavy (non-hydrogen) atoms. The molecule has 0 amide bonds. The van der Waals surface area contributed by atoms with E-state index in [4.69, 9.17) is 0 Å². The summed E-state index contributed by atoms with van der Waals surface area (Å²) in [6, 6.07) is 0.898. The predicted molar refractivity (Wildman–Crippen MR) is 45.8 cm³/mol. The predicted octanol–water partition coefficient (Wildman–Crippen LogP) is 1.74. The lowest BCUT2D eigenvalue weighted by molar-refractivity contribution is 0.304. The normalized spacial score (nSPS) is 25.4. The second kappa shape index (κ2) is 5.32. The highest BCUT2D eigenvalue weighted by Crippen LogP contribution is 2.16. The van der Waals surface area contributed by atoms with E-state index in [1.807, 2.05) is 0 Å². The van der Waals surface area contributed by atoms with Gasteiger partial charge < -0.3 is 4.90 Å². The molecule has 0 bridgehead atoms. The molecule has 1 heteroatoms. The van der Waals surface area contributed by atoms with E-state index in [0.29, 0.717) is 0 Å². The van der Waals surface area contributed by atoms with E-state index in [-0.39, 0.29) is 0 Å². The van der Waals surface area contributed by atoms with E-state index in [2.05, 4.69) is 31.7 Å². The van der Waals surface area contributed by atoms with Gasteiger partial charge >= 0.3 is 0 Å². The van der Waals surface area contributed by atoms with Gasteiger partial charge in [-0.15, -0.1) is 12.8 Å². The van der Waals surface area contributed by atoms with Crippen LogP contribution in [-0.4, -0.2) is 24.5 Å². The van der Waals surface area contributed by atoms with Crippen molar-refractivity contribution in [3.05, 3.63) is 0 Å². The fourth-order valence-electron chi connectivity index (χ4n) is 1.50. The summed E-state index contributed by atoms with van der Waals surface area (Å²) in [5.41, 5.74) is 0. The molecule has 0 radical (unpaired) electrons. The van der Waals surface area contributed by atoms with E-state index in [1.54, 1.807) is 0 Å². The highest BCUT2D eigenvalue weighted by molar-refractivity contribution is 4.73. The number of hydrogen-bond acceptors (Lipinski definition) is 1. The summed E-state index contributed by atoms with van der Waals surface area (Å²) in [4.78, 5) is 2.46. The Kier molecular flexibility index (Phi) is 5.06. The molecule has 1 fully saturated rings. The van der Waals surface area contributed by atoms with Gasteiger partial charge in [-0.25, -0.2) is 0 Å². The smallest absolute Gasteiger partial charge is 0.00900 e. The van der Waals surface area contributed by atoms with Gasteiger partial charge in [0.2, 0.25) is 0 Å². The first-order chi connectivity index (χ1) is 4.84. The first kappa shape index (κ1) is 9.52. The zero-order valence-corrected chi connectivity index (χ0v) is 7.01. The van der Waals surface area contributed by atoms with Gasteiger partial charge in [0.15, 0.2) is 0 Å². The van der Waals surface area contributed by atoms with Crippen molar-refractivity contribution in [2.45, 2.75) is 32.2 Å². The van der Waals surface area contributed by atoms with E-state index in [0.717, 1.165) is 6.04 Å². The van der Waals surface area contributed by atoms with Crippen LogP contribution in [0.3, 0.4) is 0 Å². The zero-order valence-electron chi connectivity index (χ0n) is 7.01. The Labute approximate surface area is 64.4 Å². The number of terminal acetylenes is 1. The van der Waals surface area contributed by atoms with Crippen molar-refractivity contribution in [3.63, 3.8) is 0 Å². The molecule has 1 aliphatic heterocycles. The Morgan fingerprint density at radius 1 is 1.50 bits per heavy atom. The van der Waals surface area contributed by atoms with E-state index in [1.165, 1.54) is 25.8 Å². The van der Waals surface area contributed by atoms with Crippen molar-refractivity contribution in [1.29, 1.82) is 0 Å². The van der Waals surface area contributed by atoms with Gasteiger partial charge in [0.1, 0.15) is 0 Å². The third kappa shape index (κ3) is 2.41. The van der Waals surface area contributed by atoms with Gasteiger partial charge in [-0.3, -0.25) is 0 Å². The van der Waals surface area contributed by atoms with E-state index >= 15 is 0 Å². The van der Waals surface area contributed by atoms with Crippen LogP contribution in [-0.2, 0) is 0 Å². The topological polar surface area (TPSA) is 3.24 Å². The van der Waals surface area contributed by atoms with Crippen LogP contribution in [0, 0.1) is 12.8 Å². The Morgan fingerprint density at radius 2 is 2.10 bits per heavy atom. The molecular weight excluding hydrogens is 122 g/mol. The van der Waals surface area contributed by atoms with Crippen LogP contribution in [0.2, 0.25) is 0 Å². The van der Waals surface area contributed by atoms with Crippen molar-refractivity contribution >= 4 is 0 Å². The first-order valence-corrected chi connectivity index (χ1v) is 3.88. The summed E-state index contributed by atoms with van der Waals surface area (Å²) >= 11 is 0. The highest BCUT2D eigenvalue weighted by atomic mass is 15.1. The Morgan fingerprint density at radius 3 is 2.30 bits per heavy atom. The number of hydrogen-bond donors (Lipinski definition) is 0. The van der Waals surface area contributed by atoms with Crippen molar-refractivity contribution < 1.29 is 0 Å². The Hall–Kier alpha value is -0.480. The first-order valence-electron chi connectivity index (χ1n) is 3.88. The molecule has 1 rings (SSSR count). The molecule has 58 valence electrons. The molecular formula is C9H17N. The van der Waals surface area contributed by atoms with Crippen LogP contribution in [0.1, 0.15) is 26.2 Å². The molecule has 1 aliphatic rings. The van der Waals surface area contributed by atoms with Gasteiger partial charge in [-0.2, -0.15) is 0 Å². The average Bonchev–Trinajstić information content (AvgIpc) is 2.39. The Bertz CT molecular complexity index is 96.1. The lowest BCUT2D eigenvalue weighted by Gasteiger charge is -2.16. The molecule has 1 heterocycles. The summed E-state index contributed by atoms with van der Waals surface area (Å²) in [5.74, 6) is 0. The van der Waals surface area contributed by atoms with Crippen LogP contribution in [0.5, 0.6) is 0 Å². The molecule has 0 aromatic rings. The third-order valence-corrected chi connectivity index (χ3v) is 2.14. The van der Waals surface area contributed by atoms with Crippen LogP contribution >= 0.6 is 0 Å². The van der Waals surface area contributed by atoms with Crippen LogP contribution in [0.4, 0.5) is 0 Å². The average molecular weight is 139 g/mol. The number of nitrogens with zero attached hydrogens (tertiary/aromatic N) is 1. The van der Waals surface area contributed by atoms with Crippen molar-refractivity contribution in [1.82, 2.24) is 4.90 Å². The number of likely N-dealkylation sites (tertiary alicyclic amines) is 1. The quantitative estimate of drug-likeness (QED) is 0.500. The molecule has 0 spiro atoms. The molecule has 0 aromatic carbocycles. The minimum absolute atomic E-state index is 0.898. The fraction of sp³-hybridized carbons (Fsp3) is 0.778. The second-order valence-electron chi connectivity index (χ2n) is 2.68. The summed E-state index contributed by atoms with van der Waals surface area (Å²) in [6.45, 7) is 3.59. The van der Waals surface area contributed by atoms with Gasteiger partial charge in [-0.1, -0.05) is 6.92 Å². The highest BCUT2D eigenvalue weighted by Gasteiger charge is 2.17. The molecule has 1 atom stereocenters. The fourth-order valence-corrected chi connectivity index (χ4v) is 1.50. The SMILES string of the molecule is C#C.CCC1CCCN1C. The second-order valence-corrected chi connectivity index (χ2v) is 2.68. The molecule has 0 N–H and O–H groups in total. The zero-order chi connectivity index (χ0) is 7.98. The third-order valence-electron chi connectivity index (χ3n) is 2.14. The van der Waals surface area contributed by atoms with E-state index in [9.17, 15) is 0 Å². The minimum atomic E-state index is 0.898. The number of rotatable bonds is 1. The summed E-state index contributed by atoms with van der Waals surface area (Å²) in [7, 11) is 2.22. The maximum atomic E-state index is 4.00. The monoisotopic (exact) mass is 139 g/mol. The standard InChI is InChI=1S/C7H15N.C2H2/c1-3-7-5-4-6-8(7)2;1-2/h7H,3-6H2,1-2H3;1-2H. The molecule has 1 unspecified atom stereocenters. The largest absolute Gasteiger partial charge is 0.303 e. The van der Waals surface area contributed by atoms with Crippen molar-refractivity contribution in [2.75, 3.05) is 13.6 Å². The lowest BCUT2D eigenvalue weighted by atomic mass is 10.2. The van der Waals surface area contributed by atoms with Crippen LogP contribution in [0.25, 0.3) is 0 Å². The molecule has 1 saturated heterocycles. The lowest BCUT2D eigenvalue weighted by Crippen LogP contribution is -2.23. The minimum Gasteiger partial charge on any atom is -0.303 e. The van der Waals surface area contributed by atoms with Crippen molar-refractivity contribution in [3.8, 4) is 12.8 Å². The van der Waals surface area contributed by atoms with Crippen LogP contribution in [0.15, 0.2) is 0 Å². The summed E-state index contributed by atoms with van der Waals surface area (Å²) in [5, 5.41) is 0. The maximum absolute atomic E-state index is 4.00. The van der Waals surface area contributed by atoms with Crippen LogP contribution < -0.4 is 0 Å². The summed E-state index contributed by atoms with van der Waals surface area (Å²) < 4.78 is 0. The van der Waals surface area contributed by atoms with Gasteiger partial charge in [0, 0.05) is 6.04 Å². The van der Waals surface area contributed by atoms with Gasteiger partial charge in [0.05, 0.1) is 0 Å². The molecule has 0 aliphatic carbocycles. The summed E-state index contributed by atoms with van der Waals surface area (Å²) in [6.07, 6.45) is 12.2. The van der Waals surface area contributed by atoms with Gasteiger partial charge in [0.25, 0.3) is 0 Å². The molecule has 0 saturated carbocycles. The Balaban J connectivity index is 0.000000371.